The molecule has 0 aliphatic carbocycles. The lowest BCUT2D eigenvalue weighted by atomic mass is 9.92. The van der Waals surface area contributed by atoms with Crippen molar-refractivity contribution in [3.05, 3.63) is 59.7 Å². The number of nitrogens with zero attached hydrogens (tertiary/aromatic N) is 3. The molecule has 0 unspecified atom stereocenters. The second-order valence-corrected chi connectivity index (χ2v) is 10.8. The minimum absolute atomic E-state index is 0.0158. The fraction of sp³-hybridized carbons (Fsp3) is 0.400. The number of carbonyl (C=O) groups excluding carboxylic acids is 3. The van der Waals surface area contributed by atoms with Crippen LogP contribution in [0.1, 0.15) is 31.4 Å². The molecule has 4 rings (SSSR count). The molecule has 0 saturated carbocycles. The van der Waals surface area contributed by atoms with E-state index in [4.69, 9.17) is 5.73 Å². The molecule has 1 fully saturated rings. The van der Waals surface area contributed by atoms with Gasteiger partial charge in [-0.25, -0.2) is 8.42 Å². The van der Waals surface area contributed by atoms with Crippen molar-refractivity contribution in [2.45, 2.75) is 44.2 Å². The van der Waals surface area contributed by atoms with Crippen molar-refractivity contribution in [1.29, 1.82) is 0 Å². The minimum Gasteiger partial charge on any atom is -0.368 e. The first-order valence-corrected chi connectivity index (χ1v) is 13.2. The number of hydrogen-bond donors (Lipinski definition) is 1. The van der Waals surface area contributed by atoms with Crippen LogP contribution in [0.15, 0.2) is 53.4 Å². The number of hydrogen-bond acceptors (Lipinski definition) is 5. The van der Waals surface area contributed by atoms with Gasteiger partial charge >= 0.3 is 0 Å². The summed E-state index contributed by atoms with van der Waals surface area (Å²) in [5.41, 5.74) is 8.10. The summed E-state index contributed by atoms with van der Waals surface area (Å²) in [5.74, 6) is -1.69. The van der Waals surface area contributed by atoms with Crippen molar-refractivity contribution in [3.8, 4) is 0 Å². The molecule has 3 amide bonds. The molecule has 0 spiro atoms. The standard InChI is InChI=1S/C25H30N4O5S/c1-3-27(4-2)35(33,34)21-11-9-20(10-12-21)28-16-19(14-23(28)30)25(32)29-15-18-8-6-5-7-17(18)13-22(29)24(26)31/h5-12,19,22H,3-4,13-16H2,1-2H3,(H2,26,31)/t19-,22+/m1/s1. The van der Waals surface area contributed by atoms with Gasteiger partial charge in [-0.1, -0.05) is 38.1 Å². The highest BCUT2D eigenvalue weighted by molar-refractivity contribution is 7.89. The van der Waals surface area contributed by atoms with Crippen LogP contribution < -0.4 is 10.6 Å². The molecule has 186 valence electrons. The number of sulfonamides is 1. The Hall–Kier alpha value is -3.24. The Morgan fingerprint density at radius 3 is 2.23 bits per heavy atom. The number of nitrogens with two attached hydrogens (primary N) is 1. The number of fused-ring (bicyclic) bond motifs is 1. The zero-order valence-electron chi connectivity index (χ0n) is 19.9. The lowest BCUT2D eigenvalue weighted by Crippen LogP contribution is -2.53. The van der Waals surface area contributed by atoms with E-state index in [0.717, 1.165) is 11.1 Å². The van der Waals surface area contributed by atoms with Crippen molar-refractivity contribution in [2.75, 3.05) is 24.5 Å². The topological polar surface area (TPSA) is 121 Å². The molecular formula is C25H30N4O5S. The highest BCUT2D eigenvalue weighted by atomic mass is 32.2. The molecule has 2 aliphatic rings. The third kappa shape index (κ3) is 4.68. The third-order valence-electron chi connectivity index (χ3n) is 6.83. The molecule has 35 heavy (non-hydrogen) atoms. The van der Waals surface area contributed by atoms with Gasteiger partial charge in [-0.05, 0) is 35.4 Å². The Morgan fingerprint density at radius 1 is 1.00 bits per heavy atom. The van der Waals surface area contributed by atoms with Gasteiger partial charge in [-0.3, -0.25) is 14.4 Å². The Morgan fingerprint density at radius 2 is 1.63 bits per heavy atom. The van der Waals surface area contributed by atoms with Gasteiger partial charge in [0.2, 0.25) is 27.7 Å². The van der Waals surface area contributed by atoms with Crippen LogP contribution in [0.5, 0.6) is 0 Å². The molecule has 0 aromatic heterocycles. The molecule has 0 bridgehead atoms. The van der Waals surface area contributed by atoms with Crippen molar-refractivity contribution in [3.63, 3.8) is 0 Å². The van der Waals surface area contributed by atoms with Gasteiger partial charge in [0, 0.05) is 44.7 Å². The van der Waals surface area contributed by atoms with E-state index in [1.165, 1.54) is 26.2 Å². The molecule has 2 aliphatic heterocycles. The largest absolute Gasteiger partial charge is 0.368 e. The predicted molar refractivity (Wildman–Crippen MR) is 131 cm³/mol. The maximum absolute atomic E-state index is 13.4. The summed E-state index contributed by atoms with van der Waals surface area (Å²) in [5, 5.41) is 0. The second-order valence-electron chi connectivity index (χ2n) is 8.85. The van der Waals surface area contributed by atoms with E-state index in [-0.39, 0.29) is 36.2 Å². The number of amides is 3. The smallest absolute Gasteiger partial charge is 0.243 e. The summed E-state index contributed by atoms with van der Waals surface area (Å²) < 4.78 is 26.8. The summed E-state index contributed by atoms with van der Waals surface area (Å²) in [6.45, 7) is 4.71. The van der Waals surface area contributed by atoms with Gasteiger partial charge in [-0.2, -0.15) is 4.31 Å². The van der Waals surface area contributed by atoms with Crippen molar-refractivity contribution >= 4 is 33.4 Å². The van der Waals surface area contributed by atoms with Crippen LogP contribution in [0.2, 0.25) is 0 Å². The van der Waals surface area contributed by atoms with Crippen LogP contribution in [0.3, 0.4) is 0 Å². The zero-order chi connectivity index (χ0) is 25.3. The Kier molecular flexibility index (Phi) is 6.95. The Bertz CT molecular complexity index is 1240. The van der Waals surface area contributed by atoms with E-state index in [1.807, 2.05) is 24.3 Å². The normalized spacial score (nSPS) is 20.3. The molecule has 1 saturated heterocycles. The minimum atomic E-state index is -3.61. The quantitative estimate of drug-likeness (QED) is 0.620. The summed E-state index contributed by atoms with van der Waals surface area (Å²) in [7, 11) is -3.61. The summed E-state index contributed by atoms with van der Waals surface area (Å²) in [6, 6.07) is 13.0. The number of rotatable bonds is 7. The van der Waals surface area contributed by atoms with Crippen molar-refractivity contribution in [2.24, 2.45) is 11.7 Å². The molecule has 9 nitrogen and oxygen atoms in total. The van der Waals surface area contributed by atoms with Crippen LogP contribution in [-0.4, -0.2) is 61.0 Å². The number of carbonyl (C=O) groups is 3. The molecule has 2 aromatic carbocycles. The fourth-order valence-corrected chi connectivity index (χ4v) is 6.33. The maximum Gasteiger partial charge on any atom is 0.243 e. The highest BCUT2D eigenvalue weighted by Gasteiger charge is 2.41. The summed E-state index contributed by atoms with van der Waals surface area (Å²) in [6.07, 6.45) is 0.367. The Balaban J connectivity index is 1.52. The monoisotopic (exact) mass is 498 g/mol. The van der Waals surface area contributed by atoms with Gasteiger partial charge in [0.25, 0.3) is 0 Å². The Labute approximate surface area is 205 Å². The number of anilines is 1. The maximum atomic E-state index is 13.4. The van der Waals surface area contributed by atoms with Crippen LogP contribution in [-0.2, 0) is 37.4 Å². The first kappa shape index (κ1) is 24.9. The highest BCUT2D eigenvalue weighted by Crippen LogP contribution is 2.31. The van der Waals surface area contributed by atoms with Crippen LogP contribution >= 0.6 is 0 Å². The lowest BCUT2D eigenvalue weighted by molar-refractivity contribution is -0.143. The van der Waals surface area contributed by atoms with E-state index < -0.39 is 27.9 Å². The number of primary amides is 1. The van der Waals surface area contributed by atoms with Crippen LogP contribution in [0.4, 0.5) is 5.69 Å². The first-order chi connectivity index (χ1) is 16.7. The van der Waals surface area contributed by atoms with Gasteiger partial charge in [0.15, 0.2) is 0 Å². The first-order valence-electron chi connectivity index (χ1n) is 11.7. The van der Waals surface area contributed by atoms with Gasteiger partial charge < -0.3 is 15.5 Å². The molecule has 2 aromatic rings. The average molecular weight is 499 g/mol. The summed E-state index contributed by atoms with van der Waals surface area (Å²) in [4.78, 5) is 41.5. The van der Waals surface area contributed by atoms with Crippen LogP contribution in [0.25, 0.3) is 0 Å². The molecule has 2 N–H and O–H groups in total. The zero-order valence-corrected chi connectivity index (χ0v) is 20.7. The van der Waals surface area contributed by atoms with Crippen LogP contribution in [0, 0.1) is 5.92 Å². The molecule has 0 radical (unpaired) electrons. The molecule has 2 heterocycles. The molecular weight excluding hydrogens is 468 g/mol. The molecule has 10 heteroatoms. The average Bonchev–Trinajstić information content (AvgIpc) is 3.24. The predicted octanol–water partition coefficient (Wildman–Crippen LogP) is 1.51. The van der Waals surface area contributed by atoms with E-state index in [2.05, 4.69) is 0 Å². The lowest BCUT2D eigenvalue weighted by Gasteiger charge is -2.36. The number of benzene rings is 2. The van der Waals surface area contributed by atoms with Gasteiger partial charge in [-0.15, -0.1) is 0 Å². The van der Waals surface area contributed by atoms with E-state index in [1.54, 1.807) is 26.0 Å². The second kappa shape index (κ2) is 9.79. The van der Waals surface area contributed by atoms with Crippen molar-refractivity contribution in [1.82, 2.24) is 9.21 Å². The van der Waals surface area contributed by atoms with E-state index >= 15 is 0 Å². The SMILES string of the molecule is CCN(CC)S(=O)(=O)c1ccc(N2C[C@H](C(=O)N3Cc4ccccc4C[C@H]3C(N)=O)CC2=O)cc1. The van der Waals surface area contributed by atoms with E-state index in [9.17, 15) is 22.8 Å². The fourth-order valence-electron chi connectivity index (χ4n) is 4.88. The van der Waals surface area contributed by atoms with E-state index in [0.29, 0.717) is 25.2 Å². The molecule has 2 atom stereocenters. The van der Waals surface area contributed by atoms with Gasteiger partial charge in [0.05, 0.1) is 10.8 Å². The third-order valence-corrected chi connectivity index (χ3v) is 8.89. The van der Waals surface area contributed by atoms with Gasteiger partial charge in [0.1, 0.15) is 6.04 Å². The van der Waals surface area contributed by atoms with Crippen molar-refractivity contribution < 1.29 is 22.8 Å². The summed E-state index contributed by atoms with van der Waals surface area (Å²) >= 11 is 0.